The number of aryl methyl sites for hydroxylation is 1. The lowest BCUT2D eigenvalue weighted by Crippen LogP contribution is -2.41. The maximum atomic E-state index is 13.0. The molecule has 2 rings (SSSR count). The summed E-state index contributed by atoms with van der Waals surface area (Å²) in [4.78, 5) is 25.7. The minimum Gasteiger partial charge on any atom is -0.357 e. The molecule has 1 saturated heterocycles. The number of hydrogen-bond donors (Lipinski definition) is 0. The van der Waals surface area contributed by atoms with Gasteiger partial charge in [0.25, 0.3) is 5.91 Å². The van der Waals surface area contributed by atoms with Crippen molar-refractivity contribution in [1.29, 1.82) is 0 Å². The Balaban J connectivity index is 2.29. The standard InChI is InChI=1S/C18H30N4O3S/c1-5-9-21(10-6-2)17-12-16(19-14(4)20-17)18(23)22(7-3)15-8-11-26(24,25)13-15/h12,15H,5-11,13H2,1-4H3. The molecule has 1 aromatic heterocycles. The van der Waals surface area contributed by atoms with Crippen LogP contribution in [0, 0.1) is 6.92 Å². The Bertz CT molecular complexity index is 730. The van der Waals surface area contributed by atoms with E-state index in [2.05, 4.69) is 28.7 Å². The molecule has 2 heterocycles. The number of hydrogen-bond acceptors (Lipinski definition) is 6. The van der Waals surface area contributed by atoms with Gasteiger partial charge in [-0.25, -0.2) is 18.4 Å². The Labute approximate surface area is 156 Å². The van der Waals surface area contributed by atoms with Crippen LogP contribution >= 0.6 is 0 Å². The molecule has 0 saturated carbocycles. The minimum absolute atomic E-state index is 0.0430. The van der Waals surface area contributed by atoms with Crippen LogP contribution < -0.4 is 4.90 Å². The molecule has 0 radical (unpaired) electrons. The average Bonchev–Trinajstić information content (AvgIpc) is 2.94. The molecule has 0 bridgehead atoms. The van der Waals surface area contributed by atoms with E-state index in [4.69, 9.17) is 0 Å². The lowest BCUT2D eigenvalue weighted by Gasteiger charge is -2.27. The highest BCUT2D eigenvalue weighted by Gasteiger charge is 2.34. The van der Waals surface area contributed by atoms with E-state index in [1.807, 2.05) is 6.92 Å². The monoisotopic (exact) mass is 382 g/mol. The third-order valence-electron chi connectivity index (χ3n) is 4.61. The molecule has 1 fully saturated rings. The number of rotatable bonds is 8. The molecule has 1 unspecified atom stereocenters. The molecular weight excluding hydrogens is 352 g/mol. The Morgan fingerprint density at radius 2 is 1.85 bits per heavy atom. The summed E-state index contributed by atoms with van der Waals surface area (Å²) in [5.41, 5.74) is 0.343. The van der Waals surface area contributed by atoms with Gasteiger partial charge in [0.2, 0.25) is 0 Å². The van der Waals surface area contributed by atoms with Gasteiger partial charge in [-0.15, -0.1) is 0 Å². The van der Waals surface area contributed by atoms with Gasteiger partial charge in [-0.1, -0.05) is 13.8 Å². The summed E-state index contributed by atoms with van der Waals surface area (Å²) in [7, 11) is -3.05. The number of carbonyl (C=O) groups excluding carboxylic acids is 1. The molecule has 1 amide bonds. The van der Waals surface area contributed by atoms with Gasteiger partial charge in [-0.2, -0.15) is 0 Å². The van der Waals surface area contributed by atoms with Crippen LogP contribution in [-0.4, -0.2) is 66.4 Å². The van der Waals surface area contributed by atoms with E-state index in [0.29, 0.717) is 24.5 Å². The molecule has 0 aliphatic carbocycles. The third kappa shape index (κ3) is 4.93. The number of aromatic nitrogens is 2. The normalized spacial score (nSPS) is 18.7. The predicted octanol–water partition coefficient (Wildman–Crippen LogP) is 2.06. The summed E-state index contributed by atoms with van der Waals surface area (Å²) in [5, 5.41) is 0. The molecule has 8 heteroatoms. The van der Waals surface area contributed by atoms with Crippen molar-refractivity contribution in [3.05, 3.63) is 17.6 Å². The first-order valence-electron chi connectivity index (χ1n) is 9.43. The molecule has 1 atom stereocenters. The summed E-state index contributed by atoms with van der Waals surface area (Å²) < 4.78 is 23.6. The van der Waals surface area contributed by atoms with E-state index in [1.54, 1.807) is 17.9 Å². The second-order valence-corrected chi connectivity index (χ2v) is 9.02. The van der Waals surface area contributed by atoms with Crippen LogP contribution in [0.3, 0.4) is 0 Å². The third-order valence-corrected chi connectivity index (χ3v) is 6.36. The number of sulfone groups is 1. The van der Waals surface area contributed by atoms with Crippen LogP contribution in [-0.2, 0) is 9.84 Å². The first kappa shape index (κ1) is 20.6. The first-order valence-corrected chi connectivity index (χ1v) is 11.2. The van der Waals surface area contributed by atoms with Crippen molar-refractivity contribution in [2.24, 2.45) is 0 Å². The first-order chi connectivity index (χ1) is 12.3. The largest absolute Gasteiger partial charge is 0.357 e. The molecule has 1 aliphatic rings. The zero-order chi connectivity index (χ0) is 19.3. The second kappa shape index (κ2) is 8.79. The Hall–Kier alpha value is -1.70. The Morgan fingerprint density at radius 3 is 2.35 bits per heavy atom. The molecular formula is C18H30N4O3S. The van der Waals surface area contributed by atoms with Crippen LogP contribution in [0.15, 0.2) is 6.07 Å². The Kier molecular flexibility index (Phi) is 6.97. The summed E-state index contributed by atoms with van der Waals surface area (Å²) in [6.45, 7) is 10.1. The molecule has 26 heavy (non-hydrogen) atoms. The van der Waals surface area contributed by atoms with Crippen molar-refractivity contribution in [1.82, 2.24) is 14.9 Å². The zero-order valence-corrected chi connectivity index (χ0v) is 17.0. The van der Waals surface area contributed by atoms with Crippen molar-refractivity contribution in [2.45, 2.75) is 53.0 Å². The van der Waals surface area contributed by atoms with Crippen LogP contribution in [0.4, 0.5) is 5.82 Å². The van der Waals surface area contributed by atoms with Crippen molar-refractivity contribution in [3.63, 3.8) is 0 Å². The van der Waals surface area contributed by atoms with E-state index in [9.17, 15) is 13.2 Å². The van der Waals surface area contributed by atoms with Gasteiger partial charge in [0, 0.05) is 31.7 Å². The van der Waals surface area contributed by atoms with Gasteiger partial charge in [-0.05, 0) is 33.1 Å². The smallest absolute Gasteiger partial charge is 0.272 e. The SMILES string of the molecule is CCCN(CCC)c1cc(C(=O)N(CC)C2CCS(=O)(=O)C2)nc(C)n1. The van der Waals surface area contributed by atoms with E-state index in [1.165, 1.54) is 0 Å². The summed E-state index contributed by atoms with van der Waals surface area (Å²) >= 11 is 0. The van der Waals surface area contributed by atoms with Gasteiger partial charge in [0.05, 0.1) is 11.5 Å². The van der Waals surface area contributed by atoms with Crippen LogP contribution in [0.1, 0.15) is 56.3 Å². The van der Waals surface area contributed by atoms with E-state index in [-0.39, 0.29) is 23.5 Å². The van der Waals surface area contributed by atoms with Gasteiger partial charge >= 0.3 is 0 Å². The van der Waals surface area contributed by atoms with Crippen LogP contribution in [0.5, 0.6) is 0 Å². The van der Waals surface area contributed by atoms with Crippen molar-refractivity contribution < 1.29 is 13.2 Å². The minimum atomic E-state index is -3.05. The number of carbonyl (C=O) groups is 1. The molecule has 0 aromatic carbocycles. The lowest BCUT2D eigenvalue weighted by atomic mass is 10.2. The molecule has 7 nitrogen and oxygen atoms in total. The highest BCUT2D eigenvalue weighted by Crippen LogP contribution is 2.21. The summed E-state index contributed by atoms with van der Waals surface area (Å²) in [6.07, 6.45) is 2.48. The van der Waals surface area contributed by atoms with Crippen molar-refractivity contribution in [2.75, 3.05) is 36.0 Å². The topological polar surface area (TPSA) is 83.5 Å². The fourth-order valence-electron chi connectivity index (χ4n) is 3.44. The number of nitrogens with zero attached hydrogens (tertiary/aromatic N) is 4. The predicted molar refractivity (Wildman–Crippen MR) is 103 cm³/mol. The second-order valence-electron chi connectivity index (χ2n) is 6.79. The molecule has 1 aliphatic heterocycles. The van der Waals surface area contributed by atoms with E-state index >= 15 is 0 Å². The highest BCUT2D eigenvalue weighted by molar-refractivity contribution is 7.91. The molecule has 1 aromatic rings. The van der Waals surface area contributed by atoms with Gasteiger partial charge in [-0.3, -0.25) is 4.79 Å². The molecule has 0 spiro atoms. The van der Waals surface area contributed by atoms with Crippen LogP contribution in [0.25, 0.3) is 0 Å². The van der Waals surface area contributed by atoms with Gasteiger partial charge < -0.3 is 9.80 Å². The maximum absolute atomic E-state index is 13.0. The summed E-state index contributed by atoms with van der Waals surface area (Å²) in [5.74, 6) is 1.30. The fraction of sp³-hybridized carbons (Fsp3) is 0.722. The zero-order valence-electron chi connectivity index (χ0n) is 16.2. The number of amides is 1. The van der Waals surface area contributed by atoms with Crippen molar-refractivity contribution in [3.8, 4) is 0 Å². The quantitative estimate of drug-likeness (QED) is 0.684. The molecule has 146 valence electrons. The number of anilines is 1. The van der Waals surface area contributed by atoms with Gasteiger partial charge in [0.15, 0.2) is 9.84 Å². The average molecular weight is 383 g/mol. The fourth-order valence-corrected chi connectivity index (χ4v) is 5.17. The van der Waals surface area contributed by atoms with Crippen LogP contribution in [0.2, 0.25) is 0 Å². The lowest BCUT2D eigenvalue weighted by molar-refractivity contribution is 0.0702. The highest BCUT2D eigenvalue weighted by atomic mass is 32.2. The van der Waals surface area contributed by atoms with Crippen molar-refractivity contribution >= 4 is 21.6 Å². The van der Waals surface area contributed by atoms with E-state index < -0.39 is 9.84 Å². The maximum Gasteiger partial charge on any atom is 0.272 e. The van der Waals surface area contributed by atoms with E-state index in [0.717, 1.165) is 31.7 Å². The molecule has 0 N–H and O–H groups in total. The Morgan fingerprint density at radius 1 is 1.19 bits per heavy atom. The van der Waals surface area contributed by atoms with Gasteiger partial charge in [0.1, 0.15) is 17.3 Å². The summed E-state index contributed by atoms with van der Waals surface area (Å²) in [6, 6.07) is 1.48.